The number of hydrogen-bond donors (Lipinski definition) is 2. The summed E-state index contributed by atoms with van der Waals surface area (Å²) in [6, 6.07) is 24.7. The van der Waals surface area contributed by atoms with Gasteiger partial charge in [0.2, 0.25) is 5.95 Å². The lowest BCUT2D eigenvalue weighted by Gasteiger charge is -2.10. The van der Waals surface area contributed by atoms with E-state index in [2.05, 4.69) is 20.6 Å². The lowest BCUT2D eigenvalue weighted by Crippen LogP contribution is -2.12. The van der Waals surface area contributed by atoms with Crippen LogP contribution in [0.1, 0.15) is 15.9 Å². The smallest absolute Gasteiger partial charge is 0.255 e. The molecule has 1 amide bonds. The van der Waals surface area contributed by atoms with Crippen LogP contribution < -0.4 is 15.4 Å². The number of methoxy groups -OCH3 is 1. The highest BCUT2D eigenvalue weighted by Crippen LogP contribution is 2.24. The van der Waals surface area contributed by atoms with E-state index in [0.717, 1.165) is 16.7 Å². The first-order valence-corrected chi connectivity index (χ1v) is 9.87. The Hall–Kier alpha value is -4.19. The van der Waals surface area contributed by atoms with Crippen LogP contribution in [-0.2, 0) is 6.54 Å². The lowest BCUT2D eigenvalue weighted by molar-refractivity contribution is 0.102. The van der Waals surface area contributed by atoms with E-state index in [1.807, 2.05) is 54.6 Å². The van der Waals surface area contributed by atoms with Crippen molar-refractivity contribution in [1.29, 1.82) is 0 Å². The maximum absolute atomic E-state index is 12.6. The Morgan fingerprint density at radius 2 is 1.52 bits per heavy atom. The first-order valence-electron chi connectivity index (χ1n) is 9.87. The van der Waals surface area contributed by atoms with Gasteiger partial charge in [0.25, 0.3) is 5.91 Å². The van der Waals surface area contributed by atoms with Gasteiger partial charge in [0.1, 0.15) is 5.75 Å². The van der Waals surface area contributed by atoms with Crippen molar-refractivity contribution in [3.63, 3.8) is 0 Å². The second-order valence-electron chi connectivity index (χ2n) is 6.87. The van der Waals surface area contributed by atoms with Gasteiger partial charge >= 0.3 is 0 Å². The number of amides is 1. The minimum atomic E-state index is -0.201. The maximum Gasteiger partial charge on any atom is 0.255 e. The van der Waals surface area contributed by atoms with Crippen LogP contribution in [0.25, 0.3) is 11.1 Å². The molecule has 0 saturated heterocycles. The molecular formula is C25H22N4O2. The van der Waals surface area contributed by atoms with Crippen molar-refractivity contribution in [3.05, 3.63) is 102 Å². The van der Waals surface area contributed by atoms with Gasteiger partial charge in [-0.3, -0.25) is 4.79 Å². The average molecular weight is 410 g/mol. The fourth-order valence-corrected chi connectivity index (χ4v) is 3.10. The van der Waals surface area contributed by atoms with Crippen molar-refractivity contribution < 1.29 is 9.53 Å². The van der Waals surface area contributed by atoms with E-state index in [-0.39, 0.29) is 5.91 Å². The normalized spacial score (nSPS) is 10.4. The van der Waals surface area contributed by atoms with Crippen LogP contribution >= 0.6 is 0 Å². The van der Waals surface area contributed by atoms with Crippen LogP contribution in [0.2, 0.25) is 0 Å². The quantitative estimate of drug-likeness (QED) is 0.448. The average Bonchev–Trinajstić information content (AvgIpc) is 2.84. The van der Waals surface area contributed by atoms with Gasteiger partial charge in [-0.15, -0.1) is 0 Å². The van der Waals surface area contributed by atoms with E-state index in [9.17, 15) is 4.79 Å². The topological polar surface area (TPSA) is 76.1 Å². The van der Waals surface area contributed by atoms with Gasteiger partial charge in [0, 0.05) is 30.1 Å². The van der Waals surface area contributed by atoms with Crippen LogP contribution in [0.3, 0.4) is 0 Å². The van der Waals surface area contributed by atoms with Gasteiger partial charge in [-0.2, -0.15) is 0 Å². The second-order valence-corrected chi connectivity index (χ2v) is 6.87. The van der Waals surface area contributed by atoms with Crippen LogP contribution in [0.15, 0.2) is 91.3 Å². The summed E-state index contributed by atoms with van der Waals surface area (Å²) in [4.78, 5) is 21.3. The molecule has 0 aliphatic carbocycles. The lowest BCUT2D eigenvalue weighted by atomic mass is 10.1. The first kappa shape index (κ1) is 20.1. The Bertz CT molecular complexity index is 1140. The summed E-state index contributed by atoms with van der Waals surface area (Å²) < 4.78 is 5.28. The van der Waals surface area contributed by atoms with E-state index in [1.165, 1.54) is 0 Å². The molecule has 0 radical (unpaired) electrons. The molecule has 0 fully saturated rings. The molecule has 1 heterocycles. The summed E-state index contributed by atoms with van der Waals surface area (Å²) in [6.45, 7) is 0.663. The third-order valence-electron chi connectivity index (χ3n) is 4.78. The maximum atomic E-state index is 12.6. The Morgan fingerprint density at radius 3 is 2.23 bits per heavy atom. The highest BCUT2D eigenvalue weighted by molar-refractivity contribution is 6.05. The van der Waals surface area contributed by atoms with Crippen LogP contribution in [0.5, 0.6) is 5.75 Å². The Morgan fingerprint density at radius 1 is 0.839 bits per heavy atom. The number of benzene rings is 3. The number of aromatic nitrogens is 2. The molecular weight excluding hydrogens is 388 g/mol. The summed E-state index contributed by atoms with van der Waals surface area (Å²) in [7, 11) is 1.57. The minimum Gasteiger partial charge on any atom is -0.495 e. The molecule has 154 valence electrons. The van der Waals surface area contributed by atoms with Crippen LogP contribution in [0.4, 0.5) is 11.6 Å². The van der Waals surface area contributed by atoms with E-state index >= 15 is 0 Å². The molecule has 4 rings (SSSR count). The fourth-order valence-electron chi connectivity index (χ4n) is 3.10. The number of carbonyl (C=O) groups excluding carboxylic acids is 1. The number of rotatable bonds is 7. The van der Waals surface area contributed by atoms with Crippen molar-refractivity contribution in [1.82, 2.24) is 9.97 Å². The van der Waals surface area contributed by atoms with Gasteiger partial charge in [-0.05, 0) is 35.4 Å². The minimum absolute atomic E-state index is 0.201. The number of para-hydroxylation sites is 2. The van der Waals surface area contributed by atoms with E-state index < -0.39 is 0 Å². The molecule has 0 unspecified atom stereocenters. The number of ether oxygens (including phenoxy) is 1. The van der Waals surface area contributed by atoms with Gasteiger partial charge in [-0.25, -0.2) is 9.97 Å². The largest absolute Gasteiger partial charge is 0.495 e. The molecule has 1 aromatic heterocycles. The first-order chi connectivity index (χ1) is 15.2. The molecule has 0 aliphatic heterocycles. The van der Waals surface area contributed by atoms with Crippen molar-refractivity contribution in [2.24, 2.45) is 0 Å². The van der Waals surface area contributed by atoms with Crippen molar-refractivity contribution >= 4 is 17.5 Å². The zero-order valence-electron chi connectivity index (χ0n) is 17.1. The summed E-state index contributed by atoms with van der Waals surface area (Å²) >= 11 is 0. The van der Waals surface area contributed by atoms with E-state index in [4.69, 9.17) is 4.74 Å². The number of carbonyl (C=O) groups is 1. The fraction of sp³-hybridized carbons (Fsp3) is 0.0800. The highest BCUT2D eigenvalue weighted by atomic mass is 16.5. The molecule has 4 aromatic rings. The molecule has 0 atom stereocenters. The molecule has 6 heteroatoms. The Labute approximate surface area is 181 Å². The molecule has 6 nitrogen and oxygen atoms in total. The van der Waals surface area contributed by atoms with Crippen molar-refractivity contribution in [2.45, 2.75) is 6.54 Å². The second kappa shape index (κ2) is 9.54. The molecule has 2 N–H and O–H groups in total. The number of nitrogens with zero attached hydrogens (tertiary/aromatic N) is 2. The van der Waals surface area contributed by atoms with E-state index in [1.54, 1.807) is 43.8 Å². The van der Waals surface area contributed by atoms with Gasteiger partial charge in [0.15, 0.2) is 0 Å². The van der Waals surface area contributed by atoms with Gasteiger partial charge in [-0.1, -0.05) is 54.6 Å². The highest BCUT2D eigenvalue weighted by Gasteiger charge is 2.10. The molecule has 0 saturated carbocycles. The third kappa shape index (κ3) is 5.05. The zero-order valence-corrected chi connectivity index (χ0v) is 17.1. The van der Waals surface area contributed by atoms with Crippen LogP contribution in [0, 0.1) is 0 Å². The predicted molar refractivity (Wildman–Crippen MR) is 122 cm³/mol. The van der Waals surface area contributed by atoms with Gasteiger partial charge in [0.05, 0.1) is 12.8 Å². The van der Waals surface area contributed by atoms with Crippen molar-refractivity contribution in [3.8, 4) is 16.9 Å². The van der Waals surface area contributed by atoms with Gasteiger partial charge < -0.3 is 15.4 Å². The Kier molecular flexibility index (Phi) is 6.18. The third-order valence-corrected chi connectivity index (χ3v) is 4.78. The number of nitrogens with one attached hydrogen (secondary N) is 2. The monoisotopic (exact) mass is 410 g/mol. The van der Waals surface area contributed by atoms with Crippen LogP contribution in [-0.4, -0.2) is 23.0 Å². The summed E-state index contributed by atoms with van der Waals surface area (Å²) in [6.07, 6.45) is 3.54. The summed E-state index contributed by atoms with van der Waals surface area (Å²) in [5, 5.41) is 6.09. The predicted octanol–water partition coefficient (Wildman–Crippen LogP) is 5.02. The zero-order chi connectivity index (χ0) is 21.5. The standard InChI is InChI=1S/C25H22N4O2/c1-31-23-10-6-5-9-22(23)29-24(30)20-13-11-19(12-14-20)21-16-27-25(28-17-21)26-15-18-7-3-2-4-8-18/h2-14,16-17H,15H2,1H3,(H,29,30)(H,26,27,28). The molecule has 3 aromatic carbocycles. The Balaban J connectivity index is 1.40. The summed E-state index contributed by atoms with van der Waals surface area (Å²) in [5.74, 6) is 0.985. The number of hydrogen-bond acceptors (Lipinski definition) is 5. The SMILES string of the molecule is COc1ccccc1NC(=O)c1ccc(-c2cnc(NCc3ccccc3)nc2)cc1. The molecule has 0 spiro atoms. The van der Waals surface area contributed by atoms with E-state index in [0.29, 0.717) is 29.5 Å². The van der Waals surface area contributed by atoms with Crippen molar-refractivity contribution in [2.75, 3.05) is 17.7 Å². The number of anilines is 2. The summed E-state index contributed by atoms with van der Waals surface area (Å²) in [5.41, 5.74) is 4.16. The molecule has 0 aliphatic rings. The molecule has 0 bridgehead atoms. The molecule has 31 heavy (non-hydrogen) atoms.